The predicted molar refractivity (Wildman–Crippen MR) is 120 cm³/mol. The van der Waals surface area contributed by atoms with Crippen molar-refractivity contribution < 1.29 is 14.3 Å². The normalized spacial score (nSPS) is 16.6. The SMILES string of the molecule is CCCCOCCCN1C(=O)C(c2cccs2)=C(N2CCCc3ccccc32)C1=O. The number of thiophene rings is 1. The fourth-order valence-electron chi connectivity index (χ4n) is 4.10. The zero-order valence-corrected chi connectivity index (χ0v) is 18.2. The van der Waals surface area contributed by atoms with E-state index in [4.69, 9.17) is 4.74 Å². The summed E-state index contributed by atoms with van der Waals surface area (Å²) < 4.78 is 5.62. The summed E-state index contributed by atoms with van der Waals surface area (Å²) >= 11 is 1.51. The molecule has 0 aliphatic carbocycles. The molecule has 2 aliphatic rings. The Morgan fingerprint density at radius 3 is 2.67 bits per heavy atom. The monoisotopic (exact) mass is 424 g/mol. The molecule has 1 aromatic heterocycles. The maximum absolute atomic E-state index is 13.5. The molecule has 0 saturated carbocycles. The van der Waals surface area contributed by atoms with Crippen molar-refractivity contribution in [2.24, 2.45) is 0 Å². The lowest BCUT2D eigenvalue weighted by molar-refractivity contribution is -0.137. The fraction of sp³-hybridized carbons (Fsp3) is 0.417. The Morgan fingerprint density at radius 2 is 1.87 bits per heavy atom. The van der Waals surface area contributed by atoms with Crippen LogP contribution in [0.25, 0.3) is 5.57 Å². The number of rotatable bonds is 9. The third-order valence-corrected chi connectivity index (χ3v) is 6.49. The molecular formula is C24H28N2O3S. The minimum Gasteiger partial charge on any atom is -0.381 e. The van der Waals surface area contributed by atoms with Crippen LogP contribution in [0.3, 0.4) is 0 Å². The number of benzene rings is 1. The molecule has 30 heavy (non-hydrogen) atoms. The first-order valence-corrected chi connectivity index (χ1v) is 11.7. The molecule has 6 heteroatoms. The highest BCUT2D eigenvalue weighted by Crippen LogP contribution is 2.38. The third kappa shape index (κ3) is 4.07. The Morgan fingerprint density at radius 1 is 1.03 bits per heavy atom. The van der Waals surface area contributed by atoms with Gasteiger partial charge in [-0.2, -0.15) is 0 Å². The highest BCUT2D eigenvalue weighted by Gasteiger charge is 2.42. The standard InChI is InChI=1S/C24H28N2O3S/c1-2-3-15-29-16-8-14-26-23(27)21(20-12-7-17-30-20)22(24(26)28)25-13-6-10-18-9-4-5-11-19(18)25/h4-5,7,9,11-12,17H,2-3,6,8,10,13-16H2,1H3. The van der Waals surface area contributed by atoms with Crippen molar-refractivity contribution in [3.8, 4) is 0 Å². The lowest BCUT2D eigenvalue weighted by Crippen LogP contribution is -2.37. The molecule has 0 spiro atoms. The summed E-state index contributed by atoms with van der Waals surface area (Å²) in [6.45, 7) is 4.55. The maximum Gasteiger partial charge on any atom is 0.278 e. The molecule has 0 atom stereocenters. The molecule has 2 aromatic rings. The van der Waals surface area contributed by atoms with Gasteiger partial charge in [-0.1, -0.05) is 37.6 Å². The van der Waals surface area contributed by atoms with Gasteiger partial charge in [-0.15, -0.1) is 11.3 Å². The van der Waals surface area contributed by atoms with Crippen LogP contribution in [0.1, 0.15) is 43.0 Å². The fourth-order valence-corrected chi connectivity index (χ4v) is 4.86. The minimum atomic E-state index is -0.186. The molecule has 2 aliphatic heterocycles. The number of hydrogen-bond donors (Lipinski definition) is 0. The Hall–Kier alpha value is -2.44. The Kier molecular flexibility index (Phi) is 6.65. The molecule has 0 unspecified atom stereocenters. The van der Waals surface area contributed by atoms with Crippen LogP contribution < -0.4 is 4.90 Å². The van der Waals surface area contributed by atoms with Crippen molar-refractivity contribution in [3.05, 3.63) is 57.9 Å². The number of unbranched alkanes of at least 4 members (excludes halogenated alkanes) is 1. The second-order valence-electron chi connectivity index (χ2n) is 7.67. The molecule has 2 amide bonds. The highest BCUT2D eigenvalue weighted by molar-refractivity contribution is 7.11. The van der Waals surface area contributed by atoms with Crippen molar-refractivity contribution in [2.45, 2.75) is 39.0 Å². The van der Waals surface area contributed by atoms with E-state index in [1.165, 1.54) is 21.8 Å². The van der Waals surface area contributed by atoms with E-state index in [-0.39, 0.29) is 11.8 Å². The van der Waals surface area contributed by atoms with E-state index in [9.17, 15) is 9.59 Å². The summed E-state index contributed by atoms with van der Waals surface area (Å²) in [5.41, 5.74) is 3.34. The Balaban J connectivity index is 1.60. The summed E-state index contributed by atoms with van der Waals surface area (Å²) in [5, 5.41) is 1.95. The van der Waals surface area contributed by atoms with E-state index in [0.717, 1.165) is 49.4 Å². The van der Waals surface area contributed by atoms with E-state index in [1.54, 1.807) is 0 Å². The summed E-state index contributed by atoms with van der Waals surface area (Å²) in [6, 6.07) is 12.0. The Bertz CT molecular complexity index is 936. The number of para-hydroxylation sites is 1. The van der Waals surface area contributed by atoms with Crippen LogP contribution in [-0.4, -0.2) is 43.0 Å². The van der Waals surface area contributed by atoms with Crippen molar-refractivity contribution in [1.29, 1.82) is 0 Å². The predicted octanol–water partition coefficient (Wildman–Crippen LogP) is 4.49. The second-order valence-corrected chi connectivity index (χ2v) is 8.61. The third-order valence-electron chi connectivity index (χ3n) is 5.60. The number of hydrogen-bond acceptors (Lipinski definition) is 5. The molecular weight excluding hydrogens is 396 g/mol. The van der Waals surface area contributed by atoms with E-state index in [1.807, 2.05) is 29.6 Å². The number of carbonyl (C=O) groups excluding carboxylic acids is 2. The van der Waals surface area contributed by atoms with Gasteiger partial charge in [0.2, 0.25) is 0 Å². The largest absolute Gasteiger partial charge is 0.381 e. The lowest BCUT2D eigenvalue weighted by atomic mass is 10.00. The average molecular weight is 425 g/mol. The number of anilines is 1. The molecule has 0 bridgehead atoms. The van der Waals surface area contributed by atoms with Gasteiger partial charge < -0.3 is 9.64 Å². The summed E-state index contributed by atoms with van der Waals surface area (Å²) in [6.07, 6.45) is 4.74. The number of amides is 2. The van der Waals surface area contributed by atoms with Crippen LogP contribution in [0, 0.1) is 0 Å². The number of nitrogens with zero attached hydrogens (tertiary/aromatic N) is 2. The zero-order valence-electron chi connectivity index (χ0n) is 17.4. The van der Waals surface area contributed by atoms with Gasteiger partial charge in [0.1, 0.15) is 5.70 Å². The molecule has 1 aromatic carbocycles. The molecule has 0 fully saturated rings. The van der Waals surface area contributed by atoms with Gasteiger partial charge in [-0.25, -0.2) is 0 Å². The quantitative estimate of drug-likeness (QED) is 0.440. The van der Waals surface area contributed by atoms with Crippen molar-refractivity contribution >= 4 is 34.4 Å². The first kappa shape index (κ1) is 20.8. The molecule has 0 radical (unpaired) electrons. The molecule has 4 rings (SSSR count). The Labute approximate surface area is 181 Å². The van der Waals surface area contributed by atoms with Gasteiger partial charge in [0.25, 0.3) is 11.8 Å². The second kappa shape index (κ2) is 9.58. The molecule has 0 N–H and O–H groups in total. The number of ether oxygens (including phenoxy) is 1. The van der Waals surface area contributed by atoms with Gasteiger partial charge in [-0.05, 0) is 48.8 Å². The number of aryl methyl sites for hydroxylation is 1. The van der Waals surface area contributed by atoms with Gasteiger partial charge in [0, 0.05) is 36.9 Å². The van der Waals surface area contributed by atoms with Crippen LogP contribution >= 0.6 is 11.3 Å². The first-order valence-electron chi connectivity index (χ1n) is 10.8. The first-order chi connectivity index (χ1) is 14.7. The van der Waals surface area contributed by atoms with E-state index < -0.39 is 0 Å². The topological polar surface area (TPSA) is 49.9 Å². The number of fused-ring (bicyclic) bond motifs is 1. The lowest BCUT2D eigenvalue weighted by Gasteiger charge is -2.32. The zero-order chi connectivity index (χ0) is 20.9. The van der Waals surface area contributed by atoms with Gasteiger partial charge in [0.05, 0.1) is 5.57 Å². The van der Waals surface area contributed by atoms with Crippen molar-refractivity contribution in [1.82, 2.24) is 4.90 Å². The molecule has 158 valence electrons. The van der Waals surface area contributed by atoms with Crippen molar-refractivity contribution in [3.63, 3.8) is 0 Å². The van der Waals surface area contributed by atoms with Crippen LogP contribution in [0.15, 0.2) is 47.5 Å². The number of imide groups is 1. The van der Waals surface area contributed by atoms with Crippen molar-refractivity contribution in [2.75, 3.05) is 31.2 Å². The summed E-state index contributed by atoms with van der Waals surface area (Å²) in [7, 11) is 0. The molecule has 0 saturated heterocycles. The van der Waals surface area contributed by atoms with E-state index in [0.29, 0.717) is 30.8 Å². The number of carbonyl (C=O) groups is 2. The van der Waals surface area contributed by atoms with Gasteiger partial charge in [0.15, 0.2) is 0 Å². The van der Waals surface area contributed by atoms with Crippen LogP contribution in [0.4, 0.5) is 5.69 Å². The van der Waals surface area contributed by atoms with Crippen LogP contribution in [0.5, 0.6) is 0 Å². The van der Waals surface area contributed by atoms with Gasteiger partial charge in [-0.3, -0.25) is 14.5 Å². The van der Waals surface area contributed by atoms with Crippen LogP contribution in [-0.2, 0) is 20.7 Å². The minimum absolute atomic E-state index is 0.186. The smallest absolute Gasteiger partial charge is 0.278 e. The van der Waals surface area contributed by atoms with E-state index in [2.05, 4.69) is 24.0 Å². The highest BCUT2D eigenvalue weighted by atomic mass is 32.1. The molecule has 5 nitrogen and oxygen atoms in total. The van der Waals surface area contributed by atoms with Crippen LogP contribution in [0.2, 0.25) is 0 Å². The van der Waals surface area contributed by atoms with E-state index >= 15 is 0 Å². The van der Waals surface area contributed by atoms with Gasteiger partial charge >= 0.3 is 0 Å². The summed E-state index contributed by atoms with van der Waals surface area (Å²) in [5.74, 6) is -0.372. The molecule has 3 heterocycles. The maximum atomic E-state index is 13.5. The summed E-state index contributed by atoms with van der Waals surface area (Å²) in [4.78, 5) is 31.1. The average Bonchev–Trinajstić information content (AvgIpc) is 3.37.